The lowest BCUT2D eigenvalue weighted by molar-refractivity contribution is 1.36. The van der Waals surface area contributed by atoms with E-state index in [1.54, 1.807) is 6.20 Å². The molecule has 0 aliphatic carbocycles. The van der Waals surface area contributed by atoms with Crippen LogP contribution in [0.1, 0.15) is 19.4 Å². The van der Waals surface area contributed by atoms with Gasteiger partial charge >= 0.3 is 0 Å². The predicted octanol–water partition coefficient (Wildman–Crippen LogP) is 4.22. The van der Waals surface area contributed by atoms with Gasteiger partial charge in [-0.2, -0.15) is 0 Å². The third-order valence-electron chi connectivity index (χ3n) is 1.87. The molecule has 2 rings (SSSR count). The molecule has 0 atom stereocenters. The topological polar surface area (TPSA) is 12.9 Å². The molecule has 1 aromatic carbocycles. The van der Waals surface area contributed by atoms with Gasteiger partial charge in [0.05, 0.1) is 0 Å². The number of halogens is 1. The number of benzene rings is 1. The highest BCUT2D eigenvalue weighted by Gasteiger charge is 1.97. The van der Waals surface area contributed by atoms with E-state index in [9.17, 15) is 0 Å². The second-order valence-corrected chi connectivity index (χ2v) is 3.18. The summed E-state index contributed by atoms with van der Waals surface area (Å²) in [5, 5.41) is 2.74. The number of aryl methyl sites for hydroxylation is 1. The van der Waals surface area contributed by atoms with Gasteiger partial charge in [0.25, 0.3) is 0 Å². The van der Waals surface area contributed by atoms with Gasteiger partial charge in [-0.25, -0.2) is 4.98 Å². The molecule has 0 N–H and O–H groups in total. The Kier molecular flexibility index (Phi) is 3.90. The lowest BCUT2D eigenvalue weighted by atomic mass is 10.1. The van der Waals surface area contributed by atoms with Crippen molar-refractivity contribution < 1.29 is 0 Å². The van der Waals surface area contributed by atoms with Gasteiger partial charge in [0, 0.05) is 11.6 Å². The first kappa shape index (κ1) is 11.0. The summed E-state index contributed by atoms with van der Waals surface area (Å²) >= 11 is 5.90. The van der Waals surface area contributed by atoms with Crippen LogP contribution in [0.3, 0.4) is 0 Å². The minimum absolute atomic E-state index is 0.576. The van der Waals surface area contributed by atoms with E-state index in [1.165, 1.54) is 5.56 Å². The highest BCUT2D eigenvalue weighted by atomic mass is 35.5. The Labute approximate surface area is 89.7 Å². The quantitative estimate of drug-likeness (QED) is 0.590. The standard InChI is InChI=1S/C10H8ClN.C2H6/c1-7-2-3-9-8(6-7)4-5-12-10(9)11;1-2/h2-6H,1H3;1-2H3. The van der Waals surface area contributed by atoms with Crippen molar-refractivity contribution >= 4 is 22.4 Å². The van der Waals surface area contributed by atoms with E-state index in [-0.39, 0.29) is 0 Å². The first-order valence-electron chi connectivity index (χ1n) is 4.78. The summed E-state index contributed by atoms with van der Waals surface area (Å²) in [7, 11) is 0. The fraction of sp³-hybridized carbons (Fsp3) is 0.250. The number of hydrogen-bond donors (Lipinski definition) is 0. The van der Waals surface area contributed by atoms with E-state index in [0.717, 1.165) is 10.8 Å². The number of nitrogens with zero attached hydrogens (tertiary/aromatic N) is 1. The van der Waals surface area contributed by atoms with Gasteiger partial charge in [-0.1, -0.05) is 49.2 Å². The fourth-order valence-corrected chi connectivity index (χ4v) is 1.49. The highest BCUT2D eigenvalue weighted by molar-refractivity contribution is 6.34. The third-order valence-corrected chi connectivity index (χ3v) is 2.17. The minimum Gasteiger partial charge on any atom is -0.244 e. The molecule has 0 radical (unpaired) electrons. The fourth-order valence-electron chi connectivity index (χ4n) is 1.26. The van der Waals surface area contributed by atoms with Crippen molar-refractivity contribution in [3.05, 3.63) is 41.2 Å². The summed E-state index contributed by atoms with van der Waals surface area (Å²) in [6.07, 6.45) is 1.73. The van der Waals surface area contributed by atoms with Gasteiger partial charge in [0.2, 0.25) is 0 Å². The molecule has 14 heavy (non-hydrogen) atoms. The molecular weight excluding hydrogens is 194 g/mol. The predicted molar refractivity (Wildman–Crippen MR) is 62.8 cm³/mol. The van der Waals surface area contributed by atoms with Crippen molar-refractivity contribution in [2.24, 2.45) is 0 Å². The monoisotopic (exact) mass is 207 g/mol. The lowest BCUT2D eigenvalue weighted by Crippen LogP contribution is -1.79. The van der Waals surface area contributed by atoms with E-state index in [0.29, 0.717) is 5.15 Å². The van der Waals surface area contributed by atoms with Crippen LogP contribution in [-0.4, -0.2) is 4.98 Å². The Morgan fingerprint density at radius 1 is 1.14 bits per heavy atom. The molecule has 0 bridgehead atoms. The average Bonchev–Trinajstić information content (AvgIpc) is 2.21. The highest BCUT2D eigenvalue weighted by Crippen LogP contribution is 2.21. The normalized spacial score (nSPS) is 9.43. The number of hydrogen-bond acceptors (Lipinski definition) is 1. The van der Waals surface area contributed by atoms with Gasteiger partial charge in [-0.3, -0.25) is 0 Å². The largest absolute Gasteiger partial charge is 0.244 e. The van der Waals surface area contributed by atoms with E-state index in [4.69, 9.17) is 11.6 Å². The summed E-state index contributed by atoms with van der Waals surface area (Å²) in [6.45, 7) is 6.06. The minimum atomic E-state index is 0.576. The van der Waals surface area contributed by atoms with Crippen LogP contribution in [0.25, 0.3) is 10.8 Å². The van der Waals surface area contributed by atoms with E-state index >= 15 is 0 Å². The molecular formula is C12H14ClN. The summed E-state index contributed by atoms with van der Waals surface area (Å²) in [6, 6.07) is 8.10. The van der Waals surface area contributed by atoms with Crippen LogP contribution >= 0.6 is 11.6 Å². The molecule has 0 spiro atoms. The number of fused-ring (bicyclic) bond motifs is 1. The second-order valence-electron chi connectivity index (χ2n) is 2.83. The van der Waals surface area contributed by atoms with E-state index in [1.807, 2.05) is 32.0 Å². The molecule has 0 aliphatic heterocycles. The van der Waals surface area contributed by atoms with Crippen LogP contribution in [0.2, 0.25) is 5.15 Å². The number of aromatic nitrogens is 1. The Bertz CT molecular complexity index is 424. The van der Waals surface area contributed by atoms with Crippen LogP contribution < -0.4 is 0 Å². The molecule has 1 nitrogen and oxygen atoms in total. The van der Waals surface area contributed by atoms with Crippen LogP contribution in [-0.2, 0) is 0 Å². The van der Waals surface area contributed by atoms with Crippen molar-refractivity contribution in [3.63, 3.8) is 0 Å². The Morgan fingerprint density at radius 3 is 2.57 bits per heavy atom. The summed E-state index contributed by atoms with van der Waals surface area (Å²) in [5.74, 6) is 0. The number of pyridine rings is 1. The van der Waals surface area contributed by atoms with Gasteiger partial charge < -0.3 is 0 Å². The van der Waals surface area contributed by atoms with Crippen molar-refractivity contribution in [3.8, 4) is 0 Å². The van der Waals surface area contributed by atoms with Crippen molar-refractivity contribution in [2.45, 2.75) is 20.8 Å². The van der Waals surface area contributed by atoms with Crippen LogP contribution in [0.4, 0.5) is 0 Å². The molecule has 0 fully saturated rings. The maximum absolute atomic E-state index is 5.90. The average molecular weight is 208 g/mol. The molecule has 0 saturated carbocycles. The molecule has 0 saturated heterocycles. The molecule has 0 unspecified atom stereocenters. The summed E-state index contributed by atoms with van der Waals surface area (Å²) in [4.78, 5) is 4.00. The zero-order chi connectivity index (χ0) is 10.6. The molecule has 1 aromatic heterocycles. The molecule has 0 aliphatic rings. The van der Waals surface area contributed by atoms with E-state index < -0.39 is 0 Å². The second kappa shape index (κ2) is 4.97. The molecule has 74 valence electrons. The number of rotatable bonds is 0. The first-order chi connectivity index (χ1) is 6.77. The van der Waals surface area contributed by atoms with Crippen LogP contribution in [0.15, 0.2) is 30.5 Å². The first-order valence-corrected chi connectivity index (χ1v) is 5.16. The van der Waals surface area contributed by atoms with Crippen molar-refractivity contribution in [1.29, 1.82) is 0 Å². The maximum atomic E-state index is 5.90. The molecule has 2 aromatic rings. The summed E-state index contributed by atoms with van der Waals surface area (Å²) in [5.41, 5.74) is 1.24. The Balaban J connectivity index is 0.000000461. The van der Waals surface area contributed by atoms with Crippen molar-refractivity contribution in [2.75, 3.05) is 0 Å². The summed E-state index contributed by atoms with van der Waals surface area (Å²) < 4.78 is 0. The van der Waals surface area contributed by atoms with Crippen molar-refractivity contribution in [1.82, 2.24) is 4.98 Å². The van der Waals surface area contributed by atoms with E-state index in [2.05, 4.69) is 18.0 Å². The molecule has 0 amide bonds. The molecule has 1 heterocycles. The smallest absolute Gasteiger partial charge is 0.136 e. The molecule has 2 heteroatoms. The zero-order valence-corrected chi connectivity index (χ0v) is 9.47. The maximum Gasteiger partial charge on any atom is 0.136 e. The SMILES string of the molecule is CC.Cc1ccc2c(Cl)nccc2c1. The zero-order valence-electron chi connectivity index (χ0n) is 8.71. The van der Waals surface area contributed by atoms with Gasteiger partial charge in [-0.05, 0) is 18.4 Å². The van der Waals surface area contributed by atoms with Gasteiger partial charge in [0.15, 0.2) is 0 Å². The van der Waals surface area contributed by atoms with Gasteiger partial charge in [-0.15, -0.1) is 0 Å². The van der Waals surface area contributed by atoms with Gasteiger partial charge in [0.1, 0.15) is 5.15 Å². The lowest BCUT2D eigenvalue weighted by Gasteiger charge is -1.99. The van der Waals surface area contributed by atoms with Crippen LogP contribution in [0.5, 0.6) is 0 Å². The van der Waals surface area contributed by atoms with Crippen LogP contribution in [0, 0.1) is 6.92 Å². The Hall–Kier alpha value is -1.08. The third kappa shape index (κ3) is 2.24. The Morgan fingerprint density at radius 2 is 1.86 bits per heavy atom.